The van der Waals surface area contributed by atoms with Crippen LogP contribution in [0, 0.1) is 5.41 Å². The fraction of sp³-hybridized carbons (Fsp3) is 0.800. The Kier molecular flexibility index (Phi) is 4.98. The number of thiol groups is 1. The van der Waals surface area contributed by atoms with Crippen LogP contribution in [0.25, 0.3) is 0 Å². The molecule has 0 unspecified atom stereocenters. The maximum absolute atomic E-state index is 11.2. The second-order valence-electron chi connectivity index (χ2n) is 4.02. The number of aromatic amines is 1. The maximum Gasteiger partial charge on any atom is 0.343 e. The van der Waals surface area contributed by atoms with Gasteiger partial charge < -0.3 is 0 Å². The van der Waals surface area contributed by atoms with E-state index in [1.54, 1.807) is 23.4 Å². The van der Waals surface area contributed by atoms with E-state index in [0.29, 0.717) is 0 Å². The zero-order chi connectivity index (χ0) is 12.2. The molecule has 0 aliphatic heterocycles. The van der Waals surface area contributed by atoms with Crippen LogP contribution < -0.4 is 5.69 Å². The van der Waals surface area contributed by atoms with Crippen molar-refractivity contribution in [1.82, 2.24) is 14.8 Å². The number of hydrogen-bond donors (Lipinski definition) is 2. The highest BCUT2D eigenvalue weighted by Crippen LogP contribution is 2.33. The summed E-state index contributed by atoms with van der Waals surface area (Å²) in [5.74, 6) is 1.81. The second kappa shape index (κ2) is 5.82. The Balaban J connectivity index is 2.69. The van der Waals surface area contributed by atoms with Gasteiger partial charge in [0.2, 0.25) is 0 Å². The van der Waals surface area contributed by atoms with E-state index in [1.807, 2.05) is 0 Å². The summed E-state index contributed by atoms with van der Waals surface area (Å²) >= 11 is 6.05. The minimum absolute atomic E-state index is 0.160. The van der Waals surface area contributed by atoms with Crippen molar-refractivity contribution in [2.24, 2.45) is 12.5 Å². The molecule has 16 heavy (non-hydrogen) atoms. The molecule has 0 amide bonds. The van der Waals surface area contributed by atoms with Gasteiger partial charge in [-0.2, -0.15) is 12.6 Å². The predicted octanol–water partition coefficient (Wildman–Crippen LogP) is 1.94. The molecule has 0 radical (unpaired) electrons. The number of nitrogens with one attached hydrogen (secondary N) is 1. The lowest BCUT2D eigenvalue weighted by atomic mass is 9.87. The van der Waals surface area contributed by atoms with Crippen molar-refractivity contribution in [3.8, 4) is 0 Å². The molecule has 0 aliphatic rings. The van der Waals surface area contributed by atoms with Crippen LogP contribution in [0.4, 0.5) is 0 Å². The van der Waals surface area contributed by atoms with Crippen molar-refractivity contribution in [1.29, 1.82) is 0 Å². The Morgan fingerprint density at radius 3 is 2.50 bits per heavy atom. The monoisotopic (exact) mass is 261 g/mol. The first-order valence-electron chi connectivity index (χ1n) is 5.43. The fourth-order valence-corrected chi connectivity index (χ4v) is 3.45. The third kappa shape index (κ3) is 2.85. The molecule has 0 aromatic carbocycles. The summed E-state index contributed by atoms with van der Waals surface area (Å²) < 4.78 is 1.54. The molecule has 0 fully saturated rings. The Bertz CT molecular complexity index is 373. The van der Waals surface area contributed by atoms with E-state index in [2.05, 4.69) is 36.7 Å². The molecule has 0 spiro atoms. The van der Waals surface area contributed by atoms with Gasteiger partial charge in [0.05, 0.1) is 0 Å². The molecule has 4 nitrogen and oxygen atoms in total. The Morgan fingerprint density at radius 2 is 2.12 bits per heavy atom. The third-order valence-corrected chi connectivity index (χ3v) is 5.23. The van der Waals surface area contributed by atoms with E-state index in [4.69, 9.17) is 0 Å². The normalized spacial score (nSPS) is 12.0. The van der Waals surface area contributed by atoms with Crippen molar-refractivity contribution >= 4 is 24.4 Å². The summed E-state index contributed by atoms with van der Waals surface area (Å²) in [6.07, 6.45) is 2.19. The fourth-order valence-electron chi connectivity index (χ4n) is 1.40. The van der Waals surface area contributed by atoms with E-state index in [1.165, 1.54) is 0 Å². The van der Waals surface area contributed by atoms with Crippen LogP contribution in [0.15, 0.2) is 9.95 Å². The first-order chi connectivity index (χ1) is 7.58. The lowest BCUT2D eigenvalue weighted by molar-refractivity contribution is 0.357. The Hall–Kier alpha value is -0.360. The first-order valence-corrected chi connectivity index (χ1v) is 7.05. The van der Waals surface area contributed by atoms with E-state index in [9.17, 15) is 4.79 Å². The number of thioether (sulfide) groups is 1. The number of nitrogens with zero attached hydrogens (tertiary/aromatic N) is 2. The van der Waals surface area contributed by atoms with E-state index < -0.39 is 0 Å². The second-order valence-corrected chi connectivity index (χ2v) is 5.28. The van der Waals surface area contributed by atoms with Crippen LogP contribution in [0.1, 0.15) is 26.7 Å². The molecular formula is C10H19N3OS2. The molecule has 0 saturated heterocycles. The van der Waals surface area contributed by atoms with Crippen molar-refractivity contribution in [3.63, 3.8) is 0 Å². The molecule has 0 aliphatic carbocycles. The predicted molar refractivity (Wildman–Crippen MR) is 71.4 cm³/mol. The lowest BCUT2D eigenvalue weighted by Gasteiger charge is -2.28. The molecule has 1 aromatic rings. The van der Waals surface area contributed by atoms with Crippen LogP contribution >= 0.6 is 24.4 Å². The smallest absolute Gasteiger partial charge is 0.273 e. The molecule has 1 aromatic heterocycles. The Labute approximate surface area is 106 Å². The van der Waals surface area contributed by atoms with Crippen LogP contribution in [0.3, 0.4) is 0 Å². The molecule has 0 saturated carbocycles. The van der Waals surface area contributed by atoms with Crippen molar-refractivity contribution in [2.45, 2.75) is 31.8 Å². The van der Waals surface area contributed by atoms with Crippen molar-refractivity contribution in [2.75, 3.05) is 11.5 Å². The van der Waals surface area contributed by atoms with Gasteiger partial charge in [-0.1, -0.05) is 25.6 Å². The third-order valence-electron chi connectivity index (χ3n) is 3.18. The zero-order valence-electron chi connectivity index (χ0n) is 9.99. The van der Waals surface area contributed by atoms with Crippen LogP contribution in [-0.4, -0.2) is 26.3 Å². The summed E-state index contributed by atoms with van der Waals surface area (Å²) in [5.41, 5.74) is 0.0787. The summed E-state index contributed by atoms with van der Waals surface area (Å²) in [5, 5.41) is 7.18. The summed E-state index contributed by atoms with van der Waals surface area (Å²) in [7, 11) is 1.73. The van der Waals surface area contributed by atoms with Crippen LogP contribution in [-0.2, 0) is 7.05 Å². The van der Waals surface area contributed by atoms with Crippen LogP contribution in [0.5, 0.6) is 0 Å². The summed E-state index contributed by atoms with van der Waals surface area (Å²) in [6, 6.07) is 0. The number of rotatable bonds is 6. The molecular weight excluding hydrogens is 242 g/mol. The topological polar surface area (TPSA) is 50.7 Å². The highest BCUT2D eigenvalue weighted by Gasteiger charge is 2.25. The standard InChI is InChI=1S/C10H19N3OS2/c1-4-10(5-2,6-15)7-16-9-12-11-8(14)13(9)3/h15H,4-7H2,1-3H3,(H,11,14). The molecule has 1 rings (SSSR count). The molecule has 1 N–H and O–H groups in total. The van der Waals surface area contributed by atoms with Gasteiger partial charge in [0.1, 0.15) is 0 Å². The van der Waals surface area contributed by atoms with Gasteiger partial charge in [0.25, 0.3) is 0 Å². The number of H-pyrrole nitrogens is 1. The minimum atomic E-state index is -0.160. The van der Waals surface area contributed by atoms with E-state index in [0.717, 1.165) is 29.5 Å². The van der Waals surface area contributed by atoms with Gasteiger partial charge in [-0.25, -0.2) is 9.89 Å². The lowest BCUT2D eigenvalue weighted by Crippen LogP contribution is -2.24. The van der Waals surface area contributed by atoms with E-state index >= 15 is 0 Å². The quantitative estimate of drug-likeness (QED) is 0.608. The highest BCUT2D eigenvalue weighted by molar-refractivity contribution is 7.99. The van der Waals surface area contributed by atoms with Gasteiger partial charge in [-0.15, -0.1) is 5.10 Å². The maximum atomic E-state index is 11.2. The van der Waals surface area contributed by atoms with Gasteiger partial charge in [-0.3, -0.25) is 4.57 Å². The van der Waals surface area contributed by atoms with Crippen LogP contribution in [0.2, 0.25) is 0 Å². The molecule has 92 valence electrons. The number of aromatic nitrogens is 3. The number of hydrogen-bond acceptors (Lipinski definition) is 4. The summed E-state index contributed by atoms with van der Waals surface area (Å²) in [4.78, 5) is 11.2. The van der Waals surface area contributed by atoms with Gasteiger partial charge >= 0.3 is 5.69 Å². The van der Waals surface area contributed by atoms with E-state index in [-0.39, 0.29) is 11.1 Å². The highest BCUT2D eigenvalue weighted by atomic mass is 32.2. The van der Waals surface area contributed by atoms with Crippen molar-refractivity contribution < 1.29 is 0 Å². The largest absolute Gasteiger partial charge is 0.343 e. The van der Waals surface area contributed by atoms with Gasteiger partial charge in [0, 0.05) is 12.8 Å². The SMILES string of the molecule is CCC(CC)(CS)CSc1n[nH]c(=O)n1C. The zero-order valence-corrected chi connectivity index (χ0v) is 11.7. The van der Waals surface area contributed by atoms with Gasteiger partial charge in [-0.05, 0) is 24.0 Å². The average molecular weight is 261 g/mol. The minimum Gasteiger partial charge on any atom is -0.273 e. The Morgan fingerprint density at radius 1 is 1.50 bits per heavy atom. The molecule has 6 heteroatoms. The summed E-state index contributed by atoms with van der Waals surface area (Å²) in [6.45, 7) is 4.37. The van der Waals surface area contributed by atoms with Crippen molar-refractivity contribution in [3.05, 3.63) is 10.5 Å². The molecule has 0 bridgehead atoms. The first kappa shape index (κ1) is 13.7. The molecule has 1 heterocycles. The molecule has 0 atom stereocenters. The van der Waals surface area contributed by atoms with Gasteiger partial charge in [0.15, 0.2) is 5.16 Å². The average Bonchev–Trinajstić information content (AvgIpc) is 2.63.